The van der Waals surface area contributed by atoms with Crippen LogP contribution in [0.2, 0.25) is 0 Å². The second-order valence-corrected chi connectivity index (χ2v) is 5.27. The van der Waals surface area contributed by atoms with Crippen LogP contribution < -0.4 is 5.32 Å². The molecule has 1 atom stereocenters. The van der Waals surface area contributed by atoms with Crippen LogP contribution in [0, 0.1) is 0 Å². The Hall–Kier alpha value is -1.70. The Morgan fingerprint density at radius 2 is 1.85 bits per heavy atom. The molecule has 2 aromatic rings. The second-order valence-electron chi connectivity index (χ2n) is 5.27. The number of furan rings is 1. The van der Waals surface area contributed by atoms with E-state index >= 15 is 0 Å². The van der Waals surface area contributed by atoms with Gasteiger partial charge >= 0.3 is 0 Å². The average molecular weight is 271 g/mol. The first-order chi connectivity index (χ1) is 9.83. The Morgan fingerprint density at radius 3 is 2.45 bits per heavy atom. The highest BCUT2D eigenvalue weighted by Crippen LogP contribution is 2.23. The smallest absolute Gasteiger partial charge is 0.125 e. The van der Waals surface area contributed by atoms with Gasteiger partial charge in [0.15, 0.2) is 0 Å². The van der Waals surface area contributed by atoms with Crippen LogP contribution in [0.25, 0.3) is 0 Å². The molecule has 0 aliphatic rings. The molecule has 0 amide bonds. The van der Waals surface area contributed by atoms with Crippen LogP contribution >= 0.6 is 0 Å². The molecule has 2 rings (SSSR count). The Kier molecular flexibility index (Phi) is 5.72. The van der Waals surface area contributed by atoms with Gasteiger partial charge in [0, 0.05) is 5.69 Å². The van der Waals surface area contributed by atoms with E-state index in [1.807, 2.05) is 12.1 Å². The van der Waals surface area contributed by atoms with Gasteiger partial charge in [-0.1, -0.05) is 38.8 Å². The van der Waals surface area contributed by atoms with Crippen molar-refractivity contribution in [2.45, 2.75) is 52.0 Å². The quantitative estimate of drug-likeness (QED) is 0.634. The molecule has 20 heavy (non-hydrogen) atoms. The lowest BCUT2D eigenvalue weighted by Gasteiger charge is -2.16. The van der Waals surface area contributed by atoms with Gasteiger partial charge in [0.1, 0.15) is 5.76 Å². The van der Waals surface area contributed by atoms with Gasteiger partial charge in [-0.2, -0.15) is 0 Å². The van der Waals surface area contributed by atoms with Crippen LogP contribution in [0.5, 0.6) is 0 Å². The molecule has 0 bridgehead atoms. The maximum Gasteiger partial charge on any atom is 0.125 e. The van der Waals surface area contributed by atoms with Gasteiger partial charge in [-0.15, -0.1) is 0 Å². The number of hydrogen-bond donors (Lipinski definition) is 1. The van der Waals surface area contributed by atoms with Gasteiger partial charge in [-0.25, -0.2) is 0 Å². The first-order valence-electron chi connectivity index (χ1n) is 7.72. The molecule has 1 aromatic carbocycles. The molecule has 0 saturated carbocycles. The number of aryl methyl sites for hydroxylation is 1. The molecule has 2 nitrogen and oxygen atoms in total. The monoisotopic (exact) mass is 271 g/mol. The largest absolute Gasteiger partial charge is 0.467 e. The molecule has 1 N–H and O–H groups in total. The third-order valence-electron chi connectivity index (χ3n) is 3.66. The summed E-state index contributed by atoms with van der Waals surface area (Å²) in [6.45, 7) is 4.41. The Labute approximate surface area is 122 Å². The zero-order valence-corrected chi connectivity index (χ0v) is 12.6. The molecule has 108 valence electrons. The van der Waals surface area contributed by atoms with Gasteiger partial charge in [-0.05, 0) is 49.1 Å². The highest BCUT2D eigenvalue weighted by molar-refractivity contribution is 5.46. The van der Waals surface area contributed by atoms with Crippen molar-refractivity contribution in [3.63, 3.8) is 0 Å². The van der Waals surface area contributed by atoms with Gasteiger partial charge in [-0.3, -0.25) is 0 Å². The summed E-state index contributed by atoms with van der Waals surface area (Å²) in [5.41, 5.74) is 2.59. The van der Waals surface area contributed by atoms with Crippen molar-refractivity contribution in [2.24, 2.45) is 0 Å². The van der Waals surface area contributed by atoms with Crippen LogP contribution in [0.3, 0.4) is 0 Å². The minimum absolute atomic E-state index is 0.246. The zero-order chi connectivity index (χ0) is 14.2. The molecule has 1 heterocycles. The van der Waals surface area contributed by atoms with E-state index in [0.29, 0.717) is 0 Å². The molecular weight excluding hydrogens is 246 g/mol. The average Bonchev–Trinajstić information content (AvgIpc) is 3.00. The number of benzene rings is 1. The van der Waals surface area contributed by atoms with Crippen molar-refractivity contribution in [3.05, 3.63) is 54.0 Å². The summed E-state index contributed by atoms with van der Waals surface area (Å²) in [5.74, 6) is 1.000. The fourth-order valence-electron chi connectivity index (χ4n) is 2.41. The van der Waals surface area contributed by atoms with Crippen molar-refractivity contribution < 1.29 is 4.42 Å². The zero-order valence-electron chi connectivity index (χ0n) is 12.6. The number of rotatable bonds is 8. The summed E-state index contributed by atoms with van der Waals surface area (Å²) >= 11 is 0. The topological polar surface area (TPSA) is 25.2 Å². The van der Waals surface area contributed by atoms with Crippen molar-refractivity contribution >= 4 is 5.69 Å². The number of nitrogens with one attached hydrogen (secondary N) is 1. The lowest BCUT2D eigenvalue weighted by atomic mass is 10.1. The lowest BCUT2D eigenvalue weighted by Crippen LogP contribution is -2.08. The first kappa shape index (κ1) is 14.7. The summed E-state index contributed by atoms with van der Waals surface area (Å²) in [7, 11) is 0. The third-order valence-corrected chi connectivity index (χ3v) is 3.66. The van der Waals surface area contributed by atoms with Crippen molar-refractivity contribution in [1.29, 1.82) is 0 Å². The van der Waals surface area contributed by atoms with Crippen LogP contribution in [-0.4, -0.2) is 0 Å². The van der Waals surface area contributed by atoms with Crippen LogP contribution in [0.15, 0.2) is 47.1 Å². The molecule has 0 aliphatic carbocycles. The summed E-state index contributed by atoms with van der Waals surface area (Å²) in [6, 6.07) is 13.0. The summed E-state index contributed by atoms with van der Waals surface area (Å²) < 4.78 is 5.49. The number of hydrogen-bond acceptors (Lipinski definition) is 2. The SMILES string of the molecule is CCCCCc1ccc(NC(CC)c2ccco2)cc1. The Bertz CT molecular complexity index is 473. The third kappa shape index (κ3) is 4.16. The van der Waals surface area contributed by atoms with E-state index in [2.05, 4.69) is 43.4 Å². The molecular formula is C18H25NO. The van der Waals surface area contributed by atoms with Crippen LogP contribution in [0.1, 0.15) is 56.9 Å². The van der Waals surface area contributed by atoms with E-state index in [0.717, 1.165) is 17.9 Å². The number of anilines is 1. The van der Waals surface area contributed by atoms with E-state index in [9.17, 15) is 0 Å². The fraction of sp³-hybridized carbons (Fsp3) is 0.444. The molecule has 0 aliphatic heterocycles. The maximum absolute atomic E-state index is 5.49. The van der Waals surface area contributed by atoms with Gasteiger partial charge in [0.2, 0.25) is 0 Å². The van der Waals surface area contributed by atoms with E-state index < -0.39 is 0 Å². The molecule has 0 saturated heterocycles. The van der Waals surface area contributed by atoms with Gasteiger partial charge in [0.25, 0.3) is 0 Å². The van der Waals surface area contributed by atoms with Crippen molar-refractivity contribution in [1.82, 2.24) is 0 Å². The minimum Gasteiger partial charge on any atom is -0.467 e. The Balaban J connectivity index is 1.92. The van der Waals surface area contributed by atoms with Gasteiger partial charge in [0.05, 0.1) is 12.3 Å². The second kappa shape index (κ2) is 7.78. The first-order valence-corrected chi connectivity index (χ1v) is 7.72. The molecule has 0 radical (unpaired) electrons. The van der Waals surface area contributed by atoms with Crippen LogP contribution in [0.4, 0.5) is 5.69 Å². The molecule has 2 heteroatoms. The normalized spacial score (nSPS) is 12.3. The molecule has 1 unspecified atom stereocenters. The maximum atomic E-state index is 5.49. The minimum atomic E-state index is 0.246. The van der Waals surface area contributed by atoms with E-state index in [1.54, 1.807) is 6.26 Å². The fourth-order valence-corrected chi connectivity index (χ4v) is 2.41. The van der Waals surface area contributed by atoms with Crippen LogP contribution in [-0.2, 0) is 6.42 Å². The highest BCUT2D eigenvalue weighted by Gasteiger charge is 2.11. The predicted molar refractivity (Wildman–Crippen MR) is 85.0 cm³/mol. The van der Waals surface area contributed by atoms with E-state index in [1.165, 1.54) is 31.2 Å². The highest BCUT2D eigenvalue weighted by atomic mass is 16.3. The molecule has 0 spiro atoms. The standard InChI is InChI=1S/C18H25NO/c1-3-5-6-8-15-10-12-16(13-11-15)19-17(4-2)18-9-7-14-20-18/h7,9-14,17,19H,3-6,8H2,1-2H3. The lowest BCUT2D eigenvalue weighted by molar-refractivity contribution is 0.474. The molecule has 0 fully saturated rings. The summed E-state index contributed by atoms with van der Waals surface area (Å²) in [4.78, 5) is 0. The van der Waals surface area contributed by atoms with Crippen molar-refractivity contribution in [3.8, 4) is 0 Å². The predicted octanol–water partition coefficient (Wildman–Crippen LogP) is 5.58. The van der Waals surface area contributed by atoms with E-state index in [4.69, 9.17) is 4.42 Å². The Morgan fingerprint density at radius 1 is 1.05 bits per heavy atom. The van der Waals surface area contributed by atoms with Crippen molar-refractivity contribution in [2.75, 3.05) is 5.32 Å². The van der Waals surface area contributed by atoms with E-state index in [-0.39, 0.29) is 6.04 Å². The summed E-state index contributed by atoms with van der Waals surface area (Å²) in [5, 5.41) is 3.53. The summed E-state index contributed by atoms with van der Waals surface area (Å²) in [6.07, 6.45) is 7.80. The number of unbranched alkanes of at least 4 members (excludes halogenated alkanes) is 2. The molecule has 1 aromatic heterocycles. The van der Waals surface area contributed by atoms with Gasteiger partial charge < -0.3 is 9.73 Å².